The highest BCUT2D eigenvalue weighted by Crippen LogP contribution is 2.22. The number of carbonyl (C=O) groups is 3. The van der Waals surface area contributed by atoms with Crippen LogP contribution in [0.2, 0.25) is 0 Å². The van der Waals surface area contributed by atoms with Gasteiger partial charge in [0.1, 0.15) is 5.75 Å². The smallest absolute Gasteiger partial charge is 0.434 e. The summed E-state index contributed by atoms with van der Waals surface area (Å²) < 4.78 is 9.62. The Hall–Kier alpha value is -3.35. The molecule has 0 aliphatic carbocycles. The van der Waals surface area contributed by atoms with E-state index in [4.69, 9.17) is 4.74 Å². The molecule has 0 atom stereocenters. The van der Waals surface area contributed by atoms with Crippen LogP contribution in [0.4, 0.5) is 16.2 Å². The molecule has 0 aliphatic rings. The maximum absolute atomic E-state index is 12.4. The van der Waals surface area contributed by atoms with E-state index in [0.717, 1.165) is 0 Å². The highest BCUT2D eigenvalue weighted by atomic mass is 16.7. The Labute approximate surface area is 151 Å². The average molecular weight is 356 g/mol. The standard InChI is InChI=1S/C19H20N2O5/c1-3-17(22)20-15-7-5-6-8-16(15)21-18(23)13-9-11-14(12-10-13)26-19(24)25-4-2/h5-12H,3-4H2,1-2H3,(H,20,22)(H,21,23). The van der Waals surface area contributed by atoms with Crippen molar-refractivity contribution in [1.82, 2.24) is 0 Å². The molecule has 0 unspecified atom stereocenters. The number of carbonyl (C=O) groups excluding carboxylic acids is 3. The van der Waals surface area contributed by atoms with E-state index >= 15 is 0 Å². The molecule has 2 amide bonds. The van der Waals surface area contributed by atoms with Crippen molar-refractivity contribution in [1.29, 1.82) is 0 Å². The molecule has 2 aromatic carbocycles. The number of ether oxygens (including phenoxy) is 2. The van der Waals surface area contributed by atoms with Crippen molar-refractivity contribution in [3.05, 3.63) is 54.1 Å². The Morgan fingerprint density at radius 1 is 0.885 bits per heavy atom. The van der Waals surface area contributed by atoms with Gasteiger partial charge < -0.3 is 20.1 Å². The molecule has 2 aromatic rings. The van der Waals surface area contributed by atoms with Crippen LogP contribution in [0.3, 0.4) is 0 Å². The van der Waals surface area contributed by atoms with Gasteiger partial charge in [0, 0.05) is 12.0 Å². The molecular weight excluding hydrogens is 336 g/mol. The van der Waals surface area contributed by atoms with E-state index in [-0.39, 0.29) is 24.2 Å². The van der Waals surface area contributed by atoms with Crippen LogP contribution in [-0.2, 0) is 9.53 Å². The Bertz CT molecular complexity index is 787. The lowest BCUT2D eigenvalue weighted by molar-refractivity contribution is -0.115. The normalized spacial score (nSPS) is 9.92. The fourth-order valence-corrected chi connectivity index (χ4v) is 2.05. The molecule has 2 rings (SSSR count). The highest BCUT2D eigenvalue weighted by molar-refractivity contribution is 6.07. The predicted molar refractivity (Wildman–Crippen MR) is 97.4 cm³/mol. The van der Waals surface area contributed by atoms with Gasteiger partial charge in [0.05, 0.1) is 18.0 Å². The van der Waals surface area contributed by atoms with Crippen LogP contribution in [0.5, 0.6) is 5.75 Å². The summed E-state index contributed by atoms with van der Waals surface area (Å²) in [7, 11) is 0. The molecule has 0 aromatic heterocycles. The van der Waals surface area contributed by atoms with E-state index in [1.165, 1.54) is 24.3 Å². The van der Waals surface area contributed by atoms with Crippen molar-refractivity contribution in [2.24, 2.45) is 0 Å². The number of nitrogens with one attached hydrogen (secondary N) is 2. The zero-order valence-corrected chi connectivity index (χ0v) is 14.6. The number of anilines is 2. The van der Waals surface area contributed by atoms with E-state index in [2.05, 4.69) is 15.4 Å². The third-order valence-electron chi connectivity index (χ3n) is 3.35. The molecule has 136 valence electrons. The molecule has 0 spiro atoms. The summed E-state index contributed by atoms with van der Waals surface area (Å²) >= 11 is 0. The molecule has 0 bridgehead atoms. The fraction of sp³-hybridized carbons (Fsp3) is 0.211. The van der Waals surface area contributed by atoms with Gasteiger partial charge in [0.15, 0.2) is 0 Å². The molecule has 0 heterocycles. The van der Waals surface area contributed by atoms with Crippen LogP contribution in [0.25, 0.3) is 0 Å². The quantitative estimate of drug-likeness (QED) is 0.606. The first kappa shape index (κ1) is 19.0. The van der Waals surface area contributed by atoms with Gasteiger partial charge in [0.25, 0.3) is 5.91 Å². The maximum atomic E-state index is 12.4. The molecule has 0 saturated heterocycles. The molecule has 0 saturated carbocycles. The van der Waals surface area contributed by atoms with Crippen molar-refractivity contribution in [3.63, 3.8) is 0 Å². The van der Waals surface area contributed by atoms with E-state index in [9.17, 15) is 14.4 Å². The van der Waals surface area contributed by atoms with Gasteiger partial charge in [-0.15, -0.1) is 0 Å². The zero-order valence-electron chi connectivity index (χ0n) is 14.6. The summed E-state index contributed by atoms with van der Waals surface area (Å²) in [6, 6.07) is 13.0. The van der Waals surface area contributed by atoms with Crippen molar-refractivity contribution in [3.8, 4) is 5.75 Å². The molecule has 26 heavy (non-hydrogen) atoms. The van der Waals surface area contributed by atoms with Crippen molar-refractivity contribution < 1.29 is 23.9 Å². The van der Waals surface area contributed by atoms with Crippen LogP contribution in [0, 0.1) is 0 Å². The number of para-hydroxylation sites is 2. The predicted octanol–water partition coefficient (Wildman–Crippen LogP) is 3.82. The third kappa shape index (κ3) is 5.34. The Balaban J connectivity index is 2.06. The Morgan fingerprint density at radius 2 is 1.50 bits per heavy atom. The highest BCUT2D eigenvalue weighted by Gasteiger charge is 2.11. The fourth-order valence-electron chi connectivity index (χ4n) is 2.05. The van der Waals surface area contributed by atoms with Gasteiger partial charge >= 0.3 is 6.16 Å². The Kier molecular flexibility index (Phi) is 6.73. The number of hydrogen-bond donors (Lipinski definition) is 2. The first-order valence-corrected chi connectivity index (χ1v) is 8.18. The minimum atomic E-state index is -0.801. The summed E-state index contributed by atoms with van der Waals surface area (Å²) in [4.78, 5) is 35.3. The van der Waals surface area contributed by atoms with Crippen LogP contribution in [-0.4, -0.2) is 24.6 Å². The lowest BCUT2D eigenvalue weighted by Gasteiger charge is -2.12. The van der Waals surface area contributed by atoms with Gasteiger partial charge in [0.2, 0.25) is 5.91 Å². The van der Waals surface area contributed by atoms with Crippen LogP contribution in [0.15, 0.2) is 48.5 Å². The van der Waals surface area contributed by atoms with Gasteiger partial charge in [-0.05, 0) is 43.3 Å². The maximum Gasteiger partial charge on any atom is 0.513 e. The van der Waals surface area contributed by atoms with Crippen LogP contribution >= 0.6 is 0 Å². The first-order chi connectivity index (χ1) is 12.5. The van der Waals surface area contributed by atoms with Crippen LogP contribution < -0.4 is 15.4 Å². The average Bonchev–Trinajstić information content (AvgIpc) is 2.64. The van der Waals surface area contributed by atoms with Crippen molar-refractivity contribution in [2.75, 3.05) is 17.2 Å². The van der Waals surface area contributed by atoms with Gasteiger partial charge in [-0.25, -0.2) is 4.79 Å². The number of benzene rings is 2. The monoisotopic (exact) mass is 356 g/mol. The molecule has 7 nitrogen and oxygen atoms in total. The zero-order chi connectivity index (χ0) is 18.9. The lowest BCUT2D eigenvalue weighted by atomic mass is 10.2. The Morgan fingerprint density at radius 3 is 2.08 bits per heavy atom. The SMILES string of the molecule is CCOC(=O)Oc1ccc(C(=O)Nc2ccccc2NC(=O)CC)cc1. The molecule has 2 N–H and O–H groups in total. The lowest BCUT2D eigenvalue weighted by Crippen LogP contribution is -2.16. The van der Waals surface area contributed by atoms with E-state index in [1.54, 1.807) is 38.1 Å². The summed E-state index contributed by atoms with van der Waals surface area (Å²) in [6.45, 7) is 3.64. The van der Waals surface area contributed by atoms with E-state index in [1.807, 2.05) is 0 Å². The second-order valence-electron chi connectivity index (χ2n) is 5.21. The first-order valence-electron chi connectivity index (χ1n) is 8.18. The molecule has 0 fully saturated rings. The minimum absolute atomic E-state index is 0.146. The number of amides is 2. The topological polar surface area (TPSA) is 93.7 Å². The van der Waals surface area contributed by atoms with E-state index < -0.39 is 6.16 Å². The molecule has 7 heteroatoms. The number of rotatable bonds is 6. The summed E-state index contributed by atoms with van der Waals surface area (Å²) in [5, 5.41) is 5.49. The summed E-state index contributed by atoms with van der Waals surface area (Å²) in [5.41, 5.74) is 1.39. The largest absolute Gasteiger partial charge is 0.513 e. The van der Waals surface area contributed by atoms with Crippen molar-refractivity contribution in [2.45, 2.75) is 20.3 Å². The summed E-state index contributed by atoms with van der Waals surface area (Å²) in [5.74, 6) is -0.228. The second-order valence-corrected chi connectivity index (χ2v) is 5.21. The van der Waals surface area contributed by atoms with Crippen LogP contribution in [0.1, 0.15) is 30.6 Å². The minimum Gasteiger partial charge on any atom is -0.434 e. The summed E-state index contributed by atoms with van der Waals surface area (Å²) in [6.07, 6.45) is -0.463. The van der Waals surface area contributed by atoms with Gasteiger partial charge in [-0.1, -0.05) is 19.1 Å². The number of hydrogen-bond acceptors (Lipinski definition) is 5. The third-order valence-corrected chi connectivity index (χ3v) is 3.35. The van der Waals surface area contributed by atoms with Gasteiger partial charge in [-0.3, -0.25) is 9.59 Å². The van der Waals surface area contributed by atoms with Crippen molar-refractivity contribution >= 4 is 29.3 Å². The molecule has 0 aliphatic heterocycles. The molecular formula is C19H20N2O5. The van der Waals surface area contributed by atoms with Gasteiger partial charge in [-0.2, -0.15) is 0 Å². The second kappa shape index (κ2) is 9.22. The molecule has 0 radical (unpaired) electrons. The van der Waals surface area contributed by atoms with E-state index in [0.29, 0.717) is 23.4 Å².